The fourth-order valence-corrected chi connectivity index (χ4v) is 2.64. The topological polar surface area (TPSA) is 75.5 Å². The molecule has 114 valence electrons. The fourth-order valence-electron chi connectivity index (χ4n) is 2.64. The van der Waals surface area contributed by atoms with Gasteiger partial charge in [0.1, 0.15) is 5.56 Å². The van der Waals surface area contributed by atoms with Gasteiger partial charge in [-0.25, -0.2) is 0 Å². The number of nitrogens with zero attached hydrogens (tertiary/aromatic N) is 2. The summed E-state index contributed by atoms with van der Waals surface area (Å²) >= 11 is 0. The Morgan fingerprint density at radius 3 is 2.67 bits per heavy atom. The van der Waals surface area contributed by atoms with Gasteiger partial charge in [0, 0.05) is 31.9 Å². The summed E-state index contributed by atoms with van der Waals surface area (Å²) in [6.45, 7) is 5.60. The summed E-state index contributed by atoms with van der Waals surface area (Å²) in [4.78, 5) is 25.0. The minimum absolute atomic E-state index is 0.134. The van der Waals surface area contributed by atoms with Crippen LogP contribution in [0, 0.1) is 22.0 Å². The van der Waals surface area contributed by atoms with Gasteiger partial charge in [0.05, 0.1) is 4.92 Å². The number of piperidine rings is 1. The molecule has 2 rings (SSSR count). The van der Waals surface area contributed by atoms with E-state index in [1.165, 1.54) is 6.07 Å². The molecule has 2 unspecified atom stereocenters. The summed E-state index contributed by atoms with van der Waals surface area (Å²) in [5, 5.41) is 14.1. The Kier molecular flexibility index (Phi) is 4.45. The number of amides is 1. The van der Waals surface area contributed by atoms with Crippen molar-refractivity contribution in [1.82, 2.24) is 4.90 Å². The number of carbonyl (C=O) groups excluding carboxylic acids is 1. The molecule has 0 aromatic heterocycles. The van der Waals surface area contributed by atoms with Crippen molar-refractivity contribution in [3.05, 3.63) is 33.9 Å². The highest BCUT2D eigenvalue weighted by atomic mass is 16.6. The van der Waals surface area contributed by atoms with E-state index in [1.54, 1.807) is 24.1 Å². The second-order valence-electron chi connectivity index (χ2n) is 5.73. The van der Waals surface area contributed by atoms with Gasteiger partial charge in [-0.3, -0.25) is 14.9 Å². The van der Waals surface area contributed by atoms with Gasteiger partial charge in [0.25, 0.3) is 11.6 Å². The number of nitro groups is 1. The Labute approximate surface area is 124 Å². The normalized spacial score (nSPS) is 22.0. The SMILES string of the molecule is CNc1ccc([N+](=O)[O-])c(C(=O)N2CCC(C)C(C)C2)c1. The van der Waals surface area contributed by atoms with E-state index >= 15 is 0 Å². The number of benzene rings is 1. The van der Waals surface area contributed by atoms with Gasteiger partial charge >= 0.3 is 0 Å². The lowest BCUT2D eigenvalue weighted by atomic mass is 9.88. The third-order valence-corrected chi connectivity index (χ3v) is 4.33. The molecular formula is C15H21N3O3. The van der Waals surface area contributed by atoms with Crippen LogP contribution in [0.25, 0.3) is 0 Å². The predicted octanol–water partition coefficient (Wildman–Crippen LogP) is 2.75. The highest BCUT2D eigenvalue weighted by molar-refractivity contribution is 5.99. The van der Waals surface area contributed by atoms with E-state index in [1.807, 2.05) is 0 Å². The van der Waals surface area contributed by atoms with Gasteiger partial charge in [-0.2, -0.15) is 0 Å². The molecule has 0 saturated carbocycles. The molecule has 1 aromatic carbocycles. The number of anilines is 1. The average Bonchev–Trinajstić information content (AvgIpc) is 2.48. The summed E-state index contributed by atoms with van der Waals surface area (Å²) in [5.74, 6) is 0.736. The quantitative estimate of drug-likeness (QED) is 0.686. The molecule has 1 aliphatic heterocycles. The molecule has 2 atom stereocenters. The third kappa shape index (κ3) is 3.15. The highest BCUT2D eigenvalue weighted by Crippen LogP contribution is 2.28. The van der Waals surface area contributed by atoms with E-state index in [4.69, 9.17) is 0 Å². The lowest BCUT2D eigenvalue weighted by molar-refractivity contribution is -0.385. The number of rotatable bonds is 3. The van der Waals surface area contributed by atoms with Crippen molar-refractivity contribution in [3.8, 4) is 0 Å². The van der Waals surface area contributed by atoms with Crippen molar-refractivity contribution in [2.75, 3.05) is 25.5 Å². The van der Waals surface area contributed by atoms with Crippen LogP contribution < -0.4 is 5.32 Å². The monoisotopic (exact) mass is 291 g/mol. The number of carbonyl (C=O) groups is 1. The molecule has 1 saturated heterocycles. The number of hydrogen-bond donors (Lipinski definition) is 1. The zero-order chi connectivity index (χ0) is 15.6. The third-order valence-electron chi connectivity index (χ3n) is 4.33. The Hall–Kier alpha value is -2.11. The molecule has 6 heteroatoms. The van der Waals surface area contributed by atoms with Crippen LogP contribution in [0.1, 0.15) is 30.6 Å². The maximum Gasteiger partial charge on any atom is 0.282 e. The van der Waals surface area contributed by atoms with Crippen molar-refractivity contribution in [2.24, 2.45) is 11.8 Å². The minimum atomic E-state index is -0.497. The summed E-state index contributed by atoms with van der Waals surface area (Å²) in [7, 11) is 1.72. The molecule has 1 heterocycles. The Morgan fingerprint density at radius 2 is 2.10 bits per heavy atom. The molecule has 1 fully saturated rings. The Balaban J connectivity index is 2.31. The van der Waals surface area contributed by atoms with Crippen LogP contribution in [0.4, 0.5) is 11.4 Å². The first kappa shape index (κ1) is 15.3. The van der Waals surface area contributed by atoms with E-state index in [2.05, 4.69) is 19.2 Å². The van der Waals surface area contributed by atoms with Crippen LogP contribution in [-0.2, 0) is 0 Å². The Morgan fingerprint density at radius 1 is 1.38 bits per heavy atom. The molecular weight excluding hydrogens is 270 g/mol. The first-order chi connectivity index (χ1) is 9.93. The van der Waals surface area contributed by atoms with Crippen molar-refractivity contribution >= 4 is 17.3 Å². The summed E-state index contributed by atoms with van der Waals surface area (Å²) < 4.78 is 0. The molecule has 1 aromatic rings. The van der Waals surface area contributed by atoms with Gasteiger partial charge in [-0.15, -0.1) is 0 Å². The molecule has 6 nitrogen and oxygen atoms in total. The van der Waals surface area contributed by atoms with Crippen LogP contribution in [0.3, 0.4) is 0 Å². The van der Waals surface area contributed by atoms with Crippen LogP contribution in [-0.4, -0.2) is 35.9 Å². The zero-order valence-electron chi connectivity index (χ0n) is 12.6. The largest absolute Gasteiger partial charge is 0.388 e. The summed E-state index contributed by atoms with van der Waals surface area (Å²) in [6, 6.07) is 4.55. The molecule has 0 radical (unpaired) electrons. The van der Waals surface area contributed by atoms with E-state index in [0.29, 0.717) is 30.6 Å². The zero-order valence-corrected chi connectivity index (χ0v) is 12.6. The molecule has 0 aliphatic carbocycles. The second-order valence-corrected chi connectivity index (χ2v) is 5.73. The molecule has 21 heavy (non-hydrogen) atoms. The maximum absolute atomic E-state index is 12.6. The van der Waals surface area contributed by atoms with Gasteiger partial charge in [-0.1, -0.05) is 13.8 Å². The van der Waals surface area contributed by atoms with E-state index in [-0.39, 0.29) is 17.2 Å². The molecule has 1 N–H and O–H groups in total. The standard InChI is InChI=1S/C15H21N3O3/c1-10-6-7-17(9-11(10)2)15(19)13-8-12(16-3)4-5-14(13)18(20)21/h4-5,8,10-11,16H,6-7,9H2,1-3H3. The van der Waals surface area contributed by atoms with E-state index in [0.717, 1.165) is 6.42 Å². The summed E-state index contributed by atoms with van der Waals surface area (Å²) in [6.07, 6.45) is 0.937. The summed E-state index contributed by atoms with van der Waals surface area (Å²) in [5.41, 5.74) is 0.723. The average molecular weight is 291 g/mol. The van der Waals surface area contributed by atoms with Crippen LogP contribution in [0.5, 0.6) is 0 Å². The molecule has 0 spiro atoms. The lowest BCUT2D eigenvalue weighted by Crippen LogP contribution is -2.42. The van der Waals surface area contributed by atoms with E-state index in [9.17, 15) is 14.9 Å². The lowest BCUT2D eigenvalue weighted by Gasteiger charge is -2.35. The molecule has 1 amide bonds. The van der Waals surface area contributed by atoms with Gasteiger partial charge < -0.3 is 10.2 Å². The first-order valence-electron chi connectivity index (χ1n) is 7.19. The van der Waals surface area contributed by atoms with Crippen molar-refractivity contribution in [2.45, 2.75) is 20.3 Å². The van der Waals surface area contributed by atoms with Gasteiger partial charge in [-0.05, 0) is 30.4 Å². The van der Waals surface area contributed by atoms with Gasteiger partial charge in [0.2, 0.25) is 0 Å². The van der Waals surface area contributed by atoms with Crippen molar-refractivity contribution in [3.63, 3.8) is 0 Å². The molecule has 0 bridgehead atoms. The van der Waals surface area contributed by atoms with Crippen LogP contribution in [0.15, 0.2) is 18.2 Å². The number of nitrogens with one attached hydrogen (secondary N) is 1. The smallest absolute Gasteiger partial charge is 0.282 e. The van der Waals surface area contributed by atoms with Crippen LogP contribution >= 0.6 is 0 Å². The van der Waals surface area contributed by atoms with E-state index < -0.39 is 4.92 Å². The predicted molar refractivity (Wildman–Crippen MR) is 81.5 cm³/mol. The number of nitro benzene ring substituents is 1. The fraction of sp³-hybridized carbons (Fsp3) is 0.533. The van der Waals surface area contributed by atoms with Crippen molar-refractivity contribution < 1.29 is 9.72 Å². The molecule has 1 aliphatic rings. The maximum atomic E-state index is 12.6. The second kappa shape index (κ2) is 6.11. The highest BCUT2D eigenvalue weighted by Gasteiger charge is 2.30. The number of hydrogen-bond acceptors (Lipinski definition) is 4. The number of likely N-dealkylation sites (tertiary alicyclic amines) is 1. The minimum Gasteiger partial charge on any atom is -0.388 e. The first-order valence-corrected chi connectivity index (χ1v) is 7.19. The van der Waals surface area contributed by atoms with Crippen LogP contribution in [0.2, 0.25) is 0 Å². The van der Waals surface area contributed by atoms with Crippen molar-refractivity contribution in [1.29, 1.82) is 0 Å². The van der Waals surface area contributed by atoms with Gasteiger partial charge in [0.15, 0.2) is 0 Å². The Bertz CT molecular complexity index is 559.